The lowest BCUT2D eigenvalue weighted by Crippen LogP contribution is -2.42. The van der Waals surface area contributed by atoms with Gasteiger partial charge in [-0.2, -0.15) is 18.3 Å². The van der Waals surface area contributed by atoms with Crippen molar-refractivity contribution < 1.29 is 22.7 Å². The van der Waals surface area contributed by atoms with Gasteiger partial charge in [-0.05, 0) is 45.6 Å². The van der Waals surface area contributed by atoms with Gasteiger partial charge in [0.05, 0.1) is 6.04 Å². The maximum Gasteiger partial charge on any atom is 0.435 e. The molecule has 0 radical (unpaired) electrons. The third kappa shape index (κ3) is 4.18. The number of benzene rings is 1. The quantitative estimate of drug-likeness (QED) is 0.738. The van der Waals surface area contributed by atoms with E-state index in [2.05, 4.69) is 10.4 Å². The van der Waals surface area contributed by atoms with Crippen molar-refractivity contribution in [1.29, 1.82) is 0 Å². The lowest BCUT2D eigenvalue weighted by molar-refractivity contribution is -0.142. The topological polar surface area (TPSA) is 56.2 Å². The number of fused-ring (bicyclic) bond motifs is 2. The van der Waals surface area contributed by atoms with E-state index in [0.717, 1.165) is 18.4 Å². The molecule has 5 nitrogen and oxygen atoms in total. The van der Waals surface area contributed by atoms with Crippen LogP contribution < -0.4 is 10.1 Å². The Morgan fingerprint density at radius 3 is 2.73 bits per heavy atom. The molecule has 1 aliphatic heterocycles. The highest BCUT2D eigenvalue weighted by Crippen LogP contribution is 2.39. The summed E-state index contributed by atoms with van der Waals surface area (Å²) in [7, 11) is 0. The van der Waals surface area contributed by atoms with Gasteiger partial charge in [0.15, 0.2) is 5.69 Å². The van der Waals surface area contributed by atoms with Crippen LogP contribution in [0.15, 0.2) is 24.3 Å². The van der Waals surface area contributed by atoms with E-state index >= 15 is 0 Å². The first kappa shape index (κ1) is 20.8. The monoisotopic (exact) mass is 421 g/mol. The molecule has 1 aliphatic carbocycles. The molecule has 8 heteroatoms. The molecule has 1 amide bonds. The van der Waals surface area contributed by atoms with Crippen LogP contribution in [0, 0.1) is 0 Å². The molecule has 0 fully saturated rings. The molecule has 2 aliphatic rings. The molecular weight excluding hydrogens is 395 g/mol. The smallest absolute Gasteiger partial charge is 0.435 e. The summed E-state index contributed by atoms with van der Waals surface area (Å²) in [5.41, 5.74) is 0.372. The van der Waals surface area contributed by atoms with Gasteiger partial charge in [0.25, 0.3) is 0 Å². The van der Waals surface area contributed by atoms with Crippen LogP contribution in [0.2, 0.25) is 0 Å². The van der Waals surface area contributed by atoms with Gasteiger partial charge in [-0.3, -0.25) is 9.48 Å². The molecule has 0 spiro atoms. The average Bonchev–Trinajstić information content (AvgIpc) is 2.83. The van der Waals surface area contributed by atoms with Gasteiger partial charge in [0.2, 0.25) is 5.91 Å². The van der Waals surface area contributed by atoms with Crippen LogP contribution in [0.4, 0.5) is 13.2 Å². The van der Waals surface area contributed by atoms with E-state index in [9.17, 15) is 18.0 Å². The SMILES string of the molecule is CC1(C)CC(NC(=O)Cn2nc(C(F)(F)F)c3c2CCCCC3)c2ccccc2O1. The first-order valence-corrected chi connectivity index (χ1v) is 10.4. The van der Waals surface area contributed by atoms with Crippen molar-refractivity contribution >= 4 is 5.91 Å². The highest BCUT2D eigenvalue weighted by atomic mass is 19.4. The number of hydrogen-bond acceptors (Lipinski definition) is 3. The molecular formula is C22H26F3N3O2. The van der Waals surface area contributed by atoms with E-state index in [1.54, 1.807) is 0 Å². The van der Waals surface area contributed by atoms with Gasteiger partial charge in [-0.25, -0.2) is 0 Å². The highest BCUT2D eigenvalue weighted by Gasteiger charge is 2.39. The maximum absolute atomic E-state index is 13.5. The van der Waals surface area contributed by atoms with Crippen molar-refractivity contribution in [2.45, 2.75) is 76.7 Å². The van der Waals surface area contributed by atoms with Crippen molar-refractivity contribution in [3.63, 3.8) is 0 Å². The van der Waals surface area contributed by atoms with Crippen molar-refractivity contribution in [2.75, 3.05) is 0 Å². The van der Waals surface area contributed by atoms with Crippen LogP contribution in [0.25, 0.3) is 0 Å². The number of para-hydroxylation sites is 1. The summed E-state index contributed by atoms with van der Waals surface area (Å²) in [4.78, 5) is 12.8. The Morgan fingerprint density at radius 1 is 1.23 bits per heavy atom. The van der Waals surface area contributed by atoms with E-state index in [0.29, 0.717) is 37.1 Å². The number of aromatic nitrogens is 2. The lowest BCUT2D eigenvalue weighted by atomic mass is 9.89. The molecule has 30 heavy (non-hydrogen) atoms. The number of nitrogens with one attached hydrogen (secondary N) is 1. The predicted octanol–water partition coefficient (Wildman–Crippen LogP) is 4.59. The molecule has 1 unspecified atom stereocenters. The zero-order valence-corrected chi connectivity index (χ0v) is 17.2. The Labute approximate surface area is 173 Å². The molecule has 1 atom stereocenters. The third-order valence-corrected chi connectivity index (χ3v) is 5.78. The number of carbonyl (C=O) groups excluding carboxylic acids is 1. The second kappa shape index (κ2) is 7.63. The summed E-state index contributed by atoms with van der Waals surface area (Å²) in [5, 5.41) is 6.81. The van der Waals surface area contributed by atoms with E-state index in [1.165, 1.54) is 4.68 Å². The molecule has 0 saturated carbocycles. The number of ether oxygens (including phenoxy) is 1. The van der Waals surface area contributed by atoms with Gasteiger partial charge >= 0.3 is 6.18 Å². The fraction of sp³-hybridized carbons (Fsp3) is 0.545. The number of nitrogens with zero attached hydrogens (tertiary/aromatic N) is 2. The minimum Gasteiger partial charge on any atom is -0.487 e. The summed E-state index contributed by atoms with van der Waals surface area (Å²) in [6.45, 7) is 3.68. The highest BCUT2D eigenvalue weighted by molar-refractivity contribution is 5.76. The number of amides is 1. The summed E-state index contributed by atoms with van der Waals surface area (Å²) < 4.78 is 47.7. The zero-order valence-electron chi connectivity index (χ0n) is 17.2. The molecule has 0 saturated heterocycles. The fourth-order valence-corrected chi connectivity index (χ4v) is 4.51. The van der Waals surface area contributed by atoms with Gasteiger partial charge in [0.1, 0.15) is 17.9 Å². The summed E-state index contributed by atoms with van der Waals surface area (Å²) >= 11 is 0. The minimum absolute atomic E-state index is 0.224. The van der Waals surface area contributed by atoms with E-state index in [4.69, 9.17) is 4.74 Å². The van der Waals surface area contributed by atoms with Crippen LogP contribution in [-0.4, -0.2) is 21.3 Å². The summed E-state index contributed by atoms with van der Waals surface area (Å²) in [6.07, 6.45) is -0.681. The van der Waals surface area contributed by atoms with E-state index in [1.807, 2.05) is 38.1 Å². The number of carbonyl (C=O) groups is 1. The zero-order chi connectivity index (χ0) is 21.5. The second-order valence-electron chi connectivity index (χ2n) is 8.71. The number of halogens is 3. The Bertz CT molecular complexity index is 950. The number of alkyl halides is 3. The summed E-state index contributed by atoms with van der Waals surface area (Å²) in [5.74, 6) is 0.363. The van der Waals surface area contributed by atoms with Crippen LogP contribution in [0.5, 0.6) is 5.75 Å². The Kier molecular flexibility index (Phi) is 5.28. The second-order valence-corrected chi connectivity index (χ2v) is 8.71. The van der Waals surface area contributed by atoms with Crippen LogP contribution in [0.1, 0.15) is 68.1 Å². The predicted molar refractivity (Wildman–Crippen MR) is 105 cm³/mol. The summed E-state index contributed by atoms with van der Waals surface area (Å²) in [6, 6.07) is 7.24. The van der Waals surface area contributed by atoms with Gasteiger partial charge in [0, 0.05) is 23.2 Å². The molecule has 1 N–H and O–H groups in total. The van der Waals surface area contributed by atoms with Gasteiger partial charge in [-0.15, -0.1) is 0 Å². The Hall–Kier alpha value is -2.51. The number of rotatable bonds is 3. The normalized spacial score (nSPS) is 20.5. The first-order chi connectivity index (χ1) is 14.1. The van der Waals surface area contributed by atoms with Crippen molar-refractivity contribution in [2.24, 2.45) is 0 Å². The molecule has 1 aromatic heterocycles. The first-order valence-electron chi connectivity index (χ1n) is 10.4. The maximum atomic E-state index is 13.5. The molecule has 0 bridgehead atoms. The van der Waals surface area contributed by atoms with Gasteiger partial charge in [-0.1, -0.05) is 24.6 Å². The minimum atomic E-state index is -4.51. The number of hydrogen-bond donors (Lipinski definition) is 1. The van der Waals surface area contributed by atoms with Crippen LogP contribution >= 0.6 is 0 Å². The molecule has 2 heterocycles. The molecule has 4 rings (SSSR count). The largest absolute Gasteiger partial charge is 0.487 e. The third-order valence-electron chi connectivity index (χ3n) is 5.78. The van der Waals surface area contributed by atoms with E-state index in [-0.39, 0.29) is 24.1 Å². The Morgan fingerprint density at radius 2 is 1.97 bits per heavy atom. The van der Waals surface area contributed by atoms with Crippen LogP contribution in [-0.2, 0) is 30.4 Å². The molecule has 162 valence electrons. The molecule has 1 aromatic carbocycles. The standard InChI is InChI=1S/C22H26F3N3O2/c1-21(2)12-16(14-8-6-7-11-18(14)30-21)26-19(29)13-28-17-10-5-3-4-9-15(17)20(27-28)22(23,24)25/h6-8,11,16H,3-5,9-10,12-13H2,1-2H3,(H,26,29). The van der Waals surface area contributed by atoms with Crippen molar-refractivity contribution in [3.8, 4) is 5.75 Å². The van der Waals surface area contributed by atoms with Crippen molar-refractivity contribution in [1.82, 2.24) is 15.1 Å². The van der Waals surface area contributed by atoms with E-state index < -0.39 is 17.5 Å². The van der Waals surface area contributed by atoms with Gasteiger partial charge < -0.3 is 10.1 Å². The lowest BCUT2D eigenvalue weighted by Gasteiger charge is -2.37. The van der Waals surface area contributed by atoms with Crippen molar-refractivity contribution in [3.05, 3.63) is 46.8 Å². The Balaban J connectivity index is 1.57. The fourth-order valence-electron chi connectivity index (χ4n) is 4.51. The molecule has 2 aromatic rings. The average molecular weight is 421 g/mol. The van der Waals surface area contributed by atoms with Crippen LogP contribution in [0.3, 0.4) is 0 Å².